The van der Waals surface area contributed by atoms with Crippen LogP contribution in [0.4, 0.5) is 5.69 Å². The van der Waals surface area contributed by atoms with Crippen molar-refractivity contribution in [3.05, 3.63) is 30.3 Å². The van der Waals surface area contributed by atoms with E-state index in [1.165, 1.54) is 0 Å². The highest BCUT2D eigenvalue weighted by molar-refractivity contribution is 6.06. The minimum Gasteiger partial charge on any atom is -0.326 e. The number of carbonyl (C=O) groups excluding carboxylic acids is 3. The normalized spacial score (nSPS) is 37.6. The molecule has 142 valence electrons. The Balaban J connectivity index is 1.22. The van der Waals surface area contributed by atoms with Gasteiger partial charge in [0.1, 0.15) is 0 Å². The van der Waals surface area contributed by atoms with E-state index in [9.17, 15) is 14.4 Å². The molecule has 5 nitrogen and oxygen atoms in total. The molecule has 4 aliphatic rings. The molecule has 5 rings (SSSR count). The Bertz CT molecular complexity index is 741. The molecule has 27 heavy (non-hydrogen) atoms. The summed E-state index contributed by atoms with van der Waals surface area (Å²) in [7, 11) is 0. The number of anilines is 1. The van der Waals surface area contributed by atoms with Crippen LogP contribution in [0, 0.1) is 29.6 Å². The molecule has 2 bridgehead atoms. The van der Waals surface area contributed by atoms with Gasteiger partial charge in [-0.05, 0) is 68.9 Å². The van der Waals surface area contributed by atoms with Gasteiger partial charge in [0.05, 0.1) is 11.8 Å². The fourth-order valence-corrected chi connectivity index (χ4v) is 6.15. The van der Waals surface area contributed by atoms with Crippen LogP contribution in [0.1, 0.15) is 44.9 Å². The van der Waals surface area contributed by atoms with E-state index in [1.54, 1.807) is 4.90 Å². The predicted octanol–water partition coefficient (Wildman–Crippen LogP) is 3.22. The number of nitrogens with one attached hydrogen (secondary N) is 1. The van der Waals surface area contributed by atoms with Crippen molar-refractivity contribution in [1.29, 1.82) is 0 Å². The van der Waals surface area contributed by atoms with E-state index >= 15 is 0 Å². The molecule has 1 aliphatic heterocycles. The molecule has 4 atom stereocenters. The molecular weight excluding hydrogens is 340 g/mol. The van der Waals surface area contributed by atoms with Gasteiger partial charge in [0.15, 0.2) is 0 Å². The van der Waals surface area contributed by atoms with E-state index in [1.807, 2.05) is 30.3 Å². The van der Waals surface area contributed by atoms with E-state index in [4.69, 9.17) is 0 Å². The number of para-hydroxylation sites is 1. The Labute approximate surface area is 159 Å². The Morgan fingerprint density at radius 1 is 0.852 bits per heavy atom. The van der Waals surface area contributed by atoms with E-state index in [0.29, 0.717) is 11.8 Å². The first-order valence-corrected chi connectivity index (χ1v) is 10.4. The van der Waals surface area contributed by atoms with E-state index < -0.39 is 0 Å². The summed E-state index contributed by atoms with van der Waals surface area (Å²) in [5, 5.41) is 2.98. The number of hydrogen-bond donors (Lipinski definition) is 1. The van der Waals surface area contributed by atoms with Gasteiger partial charge < -0.3 is 5.32 Å². The van der Waals surface area contributed by atoms with Gasteiger partial charge in [0.25, 0.3) is 0 Å². The van der Waals surface area contributed by atoms with Crippen LogP contribution in [-0.4, -0.2) is 28.7 Å². The highest BCUT2D eigenvalue weighted by atomic mass is 16.2. The average molecular weight is 366 g/mol. The van der Waals surface area contributed by atoms with Crippen LogP contribution < -0.4 is 5.32 Å². The van der Waals surface area contributed by atoms with Crippen molar-refractivity contribution in [3.8, 4) is 0 Å². The van der Waals surface area contributed by atoms with Crippen LogP contribution in [0.15, 0.2) is 30.3 Å². The number of benzene rings is 1. The lowest BCUT2D eigenvalue weighted by Crippen LogP contribution is -2.44. The first-order chi connectivity index (χ1) is 13.1. The van der Waals surface area contributed by atoms with Gasteiger partial charge in [-0.15, -0.1) is 0 Å². The number of amides is 3. The van der Waals surface area contributed by atoms with Crippen molar-refractivity contribution >= 4 is 23.4 Å². The molecule has 0 radical (unpaired) electrons. The molecule has 1 saturated heterocycles. The quantitative estimate of drug-likeness (QED) is 0.836. The predicted molar refractivity (Wildman–Crippen MR) is 100 cm³/mol. The Hall–Kier alpha value is -2.17. The zero-order valence-corrected chi connectivity index (χ0v) is 15.5. The molecule has 3 aliphatic carbocycles. The molecule has 1 heterocycles. The molecule has 1 aromatic carbocycles. The van der Waals surface area contributed by atoms with Crippen LogP contribution in [0.5, 0.6) is 0 Å². The molecule has 1 aromatic rings. The lowest BCUT2D eigenvalue weighted by molar-refractivity contribution is -0.144. The third-order valence-corrected chi connectivity index (χ3v) is 7.44. The maximum Gasteiger partial charge on any atom is 0.233 e. The van der Waals surface area contributed by atoms with Crippen LogP contribution in [0.3, 0.4) is 0 Å². The highest BCUT2D eigenvalue weighted by Gasteiger charge is 2.61. The summed E-state index contributed by atoms with van der Waals surface area (Å²) in [5.74, 6) is 1.01. The fraction of sp³-hybridized carbons (Fsp3) is 0.591. The molecule has 4 fully saturated rings. The van der Waals surface area contributed by atoms with Crippen molar-refractivity contribution in [3.63, 3.8) is 0 Å². The summed E-state index contributed by atoms with van der Waals surface area (Å²) in [6, 6.07) is 9.50. The van der Waals surface area contributed by atoms with E-state index in [0.717, 1.165) is 50.6 Å². The van der Waals surface area contributed by atoms with Crippen molar-refractivity contribution < 1.29 is 14.4 Å². The van der Waals surface area contributed by atoms with E-state index in [-0.39, 0.29) is 41.5 Å². The Morgan fingerprint density at radius 2 is 1.44 bits per heavy atom. The lowest BCUT2D eigenvalue weighted by atomic mass is 9.81. The first-order valence-electron chi connectivity index (χ1n) is 10.4. The summed E-state index contributed by atoms with van der Waals surface area (Å²) in [6.07, 6.45) is 6.28. The van der Waals surface area contributed by atoms with Gasteiger partial charge in [0.2, 0.25) is 17.7 Å². The van der Waals surface area contributed by atoms with Gasteiger partial charge in [-0.2, -0.15) is 0 Å². The molecule has 1 N–H and O–H groups in total. The maximum absolute atomic E-state index is 13.0. The molecular formula is C22H26N2O3. The number of nitrogens with zero attached hydrogens (tertiary/aromatic N) is 1. The third kappa shape index (κ3) is 2.70. The minimum atomic E-state index is -0.0371. The number of imide groups is 1. The Morgan fingerprint density at radius 3 is 2.04 bits per heavy atom. The van der Waals surface area contributed by atoms with Crippen LogP contribution in [-0.2, 0) is 14.4 Å². The van der Waals surface area contributed by atoms with Crippen molar-refractivity contribution in [1.82, 2.24) is 4.90 Å². The fourth-order valence-electron chi connectivity index (χ4n) is 6.15. The van der Waals surface area contributed by atoms with Crippen LogP contribution in [0.2, 0.25) is 0 Å². The highest BCUT2D eigenvalue weighted by Crippen LogP contribution is 2.56. The SMILES string of the molecule is O=C(Nc1ccccc1)C1CCC(N2C(=O)C3C4CCC(C4)C3C2=O)CC1. The third-order valence-electron chi connectivity index (χ3n) is 7.44. The summed E-state index contributed by atoms with van der Waals surface area (Å²) in [4.78, 5) is 40.1. The number of fused-ring (bicyclic) bond motifs is 5. The van der Waals surface area contributed by atoms with Crippen LogP contribution in [0.25, 0.3) is 0 Å². The second-order valence-electron chi connectivity index (χ2n) is 8.79. The Kier molecular flexibility index (Phi) is 4.06. The molecule has 3 saturated carbocycles. The number of likely N-dealkylation sites (tertiary alicyclic amines) is 1. The second kappa shape index (κ2) is 6.47. The minimum absolute atomic E-state index is 0.00391. The average Bonchev–Trinajstić information content (AvgIpc) is 3.37. The largest absolute Gasteiger partial charge is 0.326 e. The second-order valence-corrected chi connectivity index (χ2v) is 8.79. The van der Waals surface area contributed by atoms with Gasteiger partial charge in [-0.25, -0.2) is 0 Å². The van der Waals surface area contributed by atoms with E-state index in [2.05, 4.69) is 5.32 Å². The summed E-state index contributed by atoms with van der Waals surface area (Å²) >= 11 is 0. The standard InChI is InChI=1S/C22H26N2O3/c25-20(23-16-4-2-1-3-5-16)13-8-10-17(11-9-13)24-21(26)18-14-6-7-15(12-14)19(18)22(24)27/h1-5,13-15,17-19H,6-12H2,(H,23,25). The van der Waals surface area contributed by atoms with Gasteiger partial charge in [0, 0.05) is 17.6 Å². The zero-order valence-electron chi connectivity index (χ0n) is 15.5. The number of rotatable bonds is 3. The zero-order chi connectivity index (χ0) is 18.5. The van der Waals surface area contributed by atoms with Crippen molar-refractivity contribution in [2.24, 2.45) is 29.6 Å². The van der Waals surface area contributed by atoms with Gasteiger partial charge >= 0.3 is 0 Å². The van der Waals surface area contributed by atoms with Crippen molar-refractivity contribution in [2.75, 3.05) is 5.32 Å². The topological polar surface area (TPSA) is 66.5 Å². The smallest absolute Gasteiger partial charge is 0.233 e. The summed E-state index contributed by atoms with van der Waals surface area (Å²) in [5.41, 5.74) is 0.817. The van der Waals surface area contributed by atoms with Crippen molar-refractivity contribution in [2.45, 2.75) is 51.0 Å². The monoisotopic (exact) mass is 366 g/mol. The molecule has 4 unspecified atom stereocenters. The molecule has 0 aromatic heterocycles. The summed E-state index contributed by atoms with van der Waals surface area (Å²) in [6.45, 7) is 0. The number of hydrogen-bond acceptors (Lipinski definition) is 3. The first kappa shape index (κ1) is 17.0. The lowest BCUT2D eigenvalue weighted by Gasteiger charge is -2.33. The molecule has 5 heteroatoms. The molecule has 0 spiro atoms. The van der Waals surface area contributed by atoms with Gasteiger partial charge in [-0.1, -0.05) is 18.2 Å². The van der Waals surface area contributed by atoms with Crippen LogP contribution >= 0.6 is 0 Å². The number of carbonyl (C=O) groups is 3. The maximum atomic E-state index is 13.0. The molecule has 3 amide bonds. The van der Waals surface area contributed by atoms with Gasteiger partial charge in [-0.3, -0.25) is 19.3 Å². The summed E-state index contributed by atoms with van der Waals surface area (Å²) < 4.78 is 0.